The molecule has 0 heterocycles. The molecule has 8 heteroatoms. The van der Waals surface area contributed by atoms with E-state index in [2.05, 4.69) is 0 Å². The van der Waals surface area contributed by atoms with Crippen LogP contribution in [0.4, 0.5) is 0 Å². The van der Waals surface area contributed by atoms with Crippen molar-refractivity contribution < 1.29 is 39.2 Å². The first-order valence-corrected chi connectivity index (χ1v) is 12.1. The number of hydrogen-bond acceptors (Lipinski definition) is 8. The molecule has 35 heavy (non-hydrogen) atoms. The number of hydrogen-bond donors (Lipinski definition) is 3. The topological polar surface area (TPSA) is 130 Å². The third-order valence-corrected chi connectivity index (χ3v) is 8.92. The van der Waals surface area contributed by atoms with Gasteiger partial charge in [-0.25, -0.2) is 4.79 Å². The van der Waals surface area contributed by atoms with Crippen molar-refractivity contribution in [3.8, 4) is 0 Å². The quantitative estimate of drug-likeness (QED) is 0.311. The molecule has 0 radical (unpaired) electrons. The maximum atomic E-state index is 13.1. The van der Waals surface area contributed by atoms with Gasteiger partial charge in [-0.05, 0) is 31.9 Å². The number of aliphatic hydroxyl groups excluding tert-OH is 1. The van der Waals surface area contributed by atoms with Crippen molar-refractivity contribution in [2.75, 3.05) is 6.61 Å². The molecule has 0 aromatic carbocycles. The molecule has 0 unspecified atom stereocenters. The average molecular weight is 489 g/mol. The first kappa shape index (κ1) is 25.8. The number of carbonyl (C=O) groups excluding carboxylic acids is 3. The van der Waals surface area contributed by atoms with E-state index in [9.17, 15) is 29.7 Å². The van der Waals surface area contributed by atoms with Gasteiger partial charge in [0.2, 0.25) is 0 Å². The summed E-state index contributed by atoms with van der Waals surface area (Å²) < 4.78 is 11.9. The summed E-state index contributed by atoms with van der Waals surface area (Å²) >= 11 is 0. The van der Waals surface area contributed by atoms with Crippen molar-refractivity contribution in [1.82, 2.24) is 0 Å². The summed E-state index contributed by atoms with van der Waals surface area (Å²) in [6.07, 6.45) is 3.51. The molecule has 0 aromatic heterocycles. The van der Waals surface area contributed by atoms with Crippen LogP contribution in [0, 0.1) is 29.1 Å². The summed E-state index contributed by atoms with van der Waals surface area (Å²) in [5.41, 5.74) is -4.10. The molecule has 4 aliphatic carbocycles. The summed E-state index contributed by atoms with van der Waals surface area (Å²) in [7, 11) is 0. The Balaban J connectivity index is 1.95. The molecule has 192 valence electrons. The Labute approximate surface area is 205 Å². The number of allylic oxidation sites excluding steroid dienone is 1. The number of fused-ring (bicyclic) bond motifs is 5. The van der Waals surface area contributed by atoms with E-state index in [-0.39, 0.29) is 6.42 Å². The summed E-state index contributed by atoms with van der Waals surface area (Å²) in [5, 5.41) is 34.3. The Morgan fingerprint density at radius 2 is 1.80 bits per heavy atom. The lowest BCUT2D eigenvalue weighted by Crippen LogP contribution is -2.66. The van der Waals surface area contributed by atoms with Crippen LogP contribution in [-0.2, 0) is 23.9 Å². The van der Waals surface area contributed by atoms with Crippen LogP contribution >= 0.6 is 0 Å². The van der Waals surface area contributed by atoms with Crippen molar-refractivity contribution in [2.24, 2.45) is 29.1 Å². The number of aliphatic hydroxyl groups is 3. The molecule has 4 aliphatic rings. The fourth-order valence-electron chi connectivity index (χ4n) is 7.46. The molecule has 0 saturated heterocycles. The van der Waals surface area contributed by atoms with E-state index in [1.54, 1.807) is 39.8 Å². The Morgan fingerprint density at radius 3 is 2.34 bits per heavy atom. The van der Waals surface area contributed by atoms with Gasteiger partial charge in [0, 0.05) is 48.5 Å². The van der Waals surface area contributed by atoms with Gasteiger partial charge in [0.15, 0.2) is 11.4 Å². The number of Topliss-reactive ketones (excluding diaryl/α,β-unsaturated/α-hetero) is 1. The number of rotatable bonds is 4. The van der Waals surface area contributed by atoms with Gasteiger partial charge in [-0.3, -0.25) is 9.59 Å². The van der Waals surface area contributed by atoms with Crippen LogP contribution in [0.2, 0.25) is 0 Å². The van der Waals surface area contributed by atoms with E-state index < -0.39 is 76.3 Å². The highest BCUT2D eigenvalue weighted by molar-refractivity contribution is 6.04. The minimum atomic E-state index is -1.94. The van der Waals surface area contributed by atoms with Crippen molar-refractivity contribution in [2.45, 2.75) is 77.8 Å². The van der Waals surface area contributed by atoms with Crippen molar-refractivity contribution in [3.05, 3.63) is 34.9 Å². The van der Waals surface area contributed by atoms with Crippen LogP contribution < -0.4 is 0 Å². The predicted octanol–water partition coefficient (Wildman–Crippen LogP) is 2.02. The highest BCUT2D eigenvalue weighted by atomic mass is 16.6. The zero-order valence-corrected chi connectivity index (χ0v) is 21.4. The van der Waals surface area contributed by atoms with E-state index in [0.29, 0.717) is 11.1 Å². The van der Waals surface area contributed by atoms with Crippen LogP contribution in [-0.4, -0.2) is 62.6 Å². The third-order valence-electron chi connectivity index (χ3n) is 8.92. The maximum absolute atomic E-state index is 13.1. The minimum absolute atomic E-state index is 0.123. The first-order valence-electron chi connectivity index (χ1n) is 12.1. The second-order valence-electron chi connectivity index (χ2n) is 11.6. The van der Waals surface area contributed by atoms with Gasteiger partial charge in [0.05, 0.1) is 12.2 Å². The van der Waals surface area contributed by atoms with E-state index in [1.807, 2.05) is 13.8 Å². The van der Waals surface area contributed by atoms with Crippen LogP contribution in [0.15, 0.2) is 34.9 Å². The lowest BCUT2D eigenvalue weighted by atomic mass is 9.59. The summed E-state index contributed by atoms with van der Waals surface area (Å²) in [6, 6.07) is 0. The number of carbonyl (C=O) groups is 3. The Morgan fingerprint density at radius 1 is 1.17 bits per heavy atom. The summed E-state index contributed by atoms with van der Waals surface area (Å²) in [5.74, 6) is -4.65. The zero-order valence-electron chi connectivity index (χ0n) is 21.4. The number of esters is 2. The fraction of sp³-hybridized carbons (Fsp3) is 0.667. The summed E-state index contributed by atoms with van der Waals surface area (Å²) in [6.45, 7) is 11.5. The van der Waals surface area contributed by atoms with Crippen molar-refractivity contribution >= 4 is 17.7 Å². The molecule has 2 fully saturated rings. The SMILES string of the molecule is CC(=O)O[C@@]12[C@H](OC(=O)C=C(C)C)[C@@H](C)[C@@]3(O)[C@@H](C=C(CO)C[C@]4(O)C(=O)C(C)=C[C@@H]34)[C@@H]1C2(C)C. The van der Waals surface area contributed by atoms with Crippen LogP contribution in [0.25, 0.3) is 0 Å². The largest absolute Gasteiger partial charge is 0.455 e. The van der Waals surface area contributed by atoms with Crippen LogP contribution in [0.5, 0.6) is 0 Å². The molecule has 8 atom stereocenters. The van der Waals surface area contributed by atoms with Gasteiger partial charge in [0.25, 0.3) is 0 Å². The Hall–Kier alpha value is -2.29. The van der Waals surface area contributed by atoms with E-state index in [0.717, 1.165) is 5.57 Å². The third kappa shape index (κ3) is 3.26. The van der Waals surface area contributed by atoms with Gasteiger partial charge >= 0.3 is 11.9 Å². The van der Waals surface area contributed by atoms with Gasteiger partial charge in [-0.2, -0.15) is 0 Å². The minimum Gasteiger partial charge on any atom is -0.455 e. The van der Waals surface area contributed by atoms with Gasteiger partial charge in [-0.1, -0.05) is 38.5 Å². The molecule has 8 nitrogen and oxygen atoms in total. The zero-order chi connectivity index (χ0) is 26.3. The standard InChI is InChI=1S/C27H36O8/c1-13(2)8-20(30)34-23-15(4)26(33)18(21-24(6,7)27(21,23)35-16(5)29)10-17(12-28)11-25(32)19(26)9-14(3)22(25)31/h8-10,15,18-19,21,23,28,32-33H,11-12H2,1-7H3/t15-,18+,19-,21-,23-,25-,26-,27-/m1/s1. The van der Waals surface area contributed by atoms with Gasteiger partial charge in [-0.15, -0.1) is 0 Å². The smallest absolute Gasteiger partial charge is 0.331 e. The highest BCUT2D eigenvalue weighted by Crippen LogP contribution is 2.77. The number of ketones is 1. The summed E-state index contributed by atoms with van der Waals surface area (Å²) in [4.78, 5) is 38.2. The second kappa shape index (κ2) is 7.85. The maximum Gasteiger partial charge on any atom is 0.331 e. The van der Waals surface area contributed by atoms with E-state index in [1.165, 1.54) is 13.0 Å². The predicted molar refractivity (Wildman–Crippen MR) is 126 cm³/mol. The Bertz CT molecular complexity index is 1080. The van der Waals surface area contributed by atoms with E-state index in [4.69, 9.17) is 9.47 Å². The van der Waals surface area contributed by atoms with Crippen LogP contribution in [0.3, 0.4) is 0 Å². The molecule has 3 N–H and O–H groups in total. The molecular formula is C27H36O8. The van der Waals surface area contributed by atoms with Crippen LogP contribution in [0.1, 0.15) is 54.9 Å². The van der Waals surface area contributed by atoms with Crippen molar-refractivity contribution in [1.29, 1.82) is 0 Å². The fourth-order valence-corrected chi connectivity index (χ4v) is 7.46. The van der Waals surface area contributed by atoms with Crippen molar-refractivity contribution in [3.63, 3.8) is 0 Å². The highest BCUT2D eigenvalue weighted by Gasteiger charge is 2.87. The average Bonchev–Trinajstić information content (AvgIpc) is 3.16. The lowest BCUT2D eigenvalue weighted by molar-refractivity contribution is -0.226. The molecule has 0 spiro atoms. The lowest BCUT2D eigenvalue weighted by Gasteiger charge is -2.53. The number of ether oxygens (including phenoxy) is 2. The molecule has 0 aromatic rings. The molecule has 0 amide bonds. The monoisotopic (exact) mass is 488 g/mol. The molecule has 4 rings (SSSR count). The normalized spacial score (nSPS) is 42.9. The molecule has 0 bridgehead atoms. The molecule has 0 aliphatic heterocycles. The molecular weight excluding hydrogens is 452 g/mol. The first-order chi connectivity index (χ1) is 16.1. The van der Waals surface area contributed by atoms with Gasteiger partial charge in [0.1, 0.15) is 11.7 Å². The van der Waals surface area contributed by atoms with Gasteiger partial charge < -0.3 is 24.8 Å². The molecule has 2 saturated carbocycles. The van der Waals surface area contributed by atoms with E-state index >= 15 is 0 Å². The Kier molecular flexibility index (Phi) is 5.79. The second-order valence-corrected chi connectivity index (χ2v) is 11.6.